The molecule has 12 heteroatoms. The molecule has 3 heterocycles. The first kappa shape index (κ1) is 20.8. The number of hydrogen-bond acceptors (Lipinski definition) is 7. The Labute approximate surface area is 180 Å². The van der Waals surface area contributed by atoms with Crippen LogP contribution in [0.25, 0.3) is 10.2 Å². The lowest BCUT2D eigenvalue weighted by Gasteiger charge is -2.20. The van der Waals surface area contributed by atoms with Gasteiger partial charge < -0.3 is 4.57 Å². The number of hydrogen-bond donors (Lipinski definition) is 0. The van der Waals surface area contributed by atoms with Gasteiger partial charge in [0.05, 0.1) is 15.1 Å². The van der Waals surface area contributed by atoms with E-state index in [-0.39, 0.29) is 16.4 Å². The summed E-state index contributed by atoms with van der Waals surface area (Å²) >= 11 is 2.30. The number of aromatic nitrogens is 1. The Morgan fingerprint density at radius 1 is 1.37 bits per heavy atom. The summed E-state index contributed by atoms with van der Waals surface area (Å²) in [6.07, 6.45) is 0.998. The Kier molecular flexibility index (Phi) is 5.57. The fraction of sp³-hybridized carbons (Fsp3) is 0.333. The average Bonchev–Trinajstić information content (AvgIpc) is 3.45. The Morgan fingerprint density at radius 3 is 2.83 bits per heavy atom. The SMILES string of the molecule is CCn1c(=NC(=O)C2CCCN2S(=O)(=O)c2cccs2)sc2cc([N+](=O)[O-])ccc21. The molecule has 9 nitrogen and oxygen atoms in total. The van der Waals surface area contributed by atoms with Crippen molar-refractivity contribution >= 4 is 54.5 Å². The van der Waals surface area contributed by atoms with Crippen LogP contribution >= 0.6 is 22.7 Å². The molecule has 1 saturated heterocycles. The Morgan fingerprint density at radius 2 is 2.17 bits per heavy atom. The molecule has 0 N–H and O–H groups in total. The van der Waals surface area contributed by atoms with Gasteiger partial charge in [0, 0.05) is 25.2 Å². The molecule has 0 radical (unpaired) electrons. The summed E-state index contributed by atoms with van der Waals surface area (Å²) in [7, 11) is -3.74. The van der Waals surface area contributed by atoms with E-state index in [4.69, 9.17) is 0 Å². The van der Waals surface area contributed by atoms with Gasteiger partial charge in [-0.25, -0.2) is 8.42 Å². The summed E-state index contributed by atoms with van der Waals surface area (Å²) in [6, 6.07) is 6.86. The summed E-state index contributed by atoms with van der Waals surface area (Å²) in [4.78, 5) is 28.2. The molecule has 2 aromatic heterocycles. The number of carbonyl (C=O) groups is 1. The average molecular weight is 467 g/mol. The number of carbonyl (C=O) groups excluding carboxylic acids is 1. The molecule has 1 unspecified atom stereocenters. The summed E-state index contributed by atoms with van der Waals surface area (Å²) in [5.74, 6) is -0.518. The zero-order chi connectivity index (χ0) is 21.5. The Hall–Kier alpha value is -2.41. The standard InChI is InChI=1S/C18H18N4O5S3/c1-2-20-13-8-7-12(22(24)25)11-15(13)29-18(20)19-17(23)14-5-3-9-21(14)30(26,27)16-6-4-10-28-16/h4,6-8,10-11,14H,2-3,5,9H2,1H3. The van der Waals surface area contributed by atoms with E-state index in [9.17, 15) is 23.3 Å². The molecule has 0 aliphatic carbocycles. The molecule has 158 valence electrons. The second-order valence-corrected chi connectivity index (χ2v) is 10.8. The zero-order valence-electron chi connectivity index (χ0n) is 15.9. The molecule has 1 aromatic carbocycles. The molecule has 1 fully saturated rings. The van der Waals surface area contributed by atoms with Gasteiger partial charge in [-0.15, -0.1) is 11.3 Å². The molecule has 0 bridgehead atoms. The van der Waals surface area contributed by atoms with Crippen LogP contribution in [0.3, 0.4) is 0 Å². The highest BCUT2D eigenvalue weighted by Gasteiger charge is 2.39. The molecular weight excluding hydrogens is 448 g/mol. The maximum Gasteiger partial charge on any atom is 0.270 e. The van der Waals surface area contributed by atoms with E-state index in [0.717, 1.165) is 16.9 Å². The van der Waals surface area contributed by atoms with E-state index < -0.39 is 26.9 Å². The van der Waals surface area contributed by atoms with Crippen molar-refractivity contribution < 1.29 is 18.1 Å². The largest absolute Gasteiger partial charge is 0.317 e. The van der Waals surface area contributed by atoms with Crippen LogP contribution < -0.4 is 4.80 Å². The zero-order valence-corrected chi connectivity index (χ0v) is 18.4. The first-order valence-electron chi connectivity index (χ1n) is 9.24. The third-order valence-corrected chi connectivity index (χ3v) is 9.27. The first-order valence-corrected chi connectivity index (χ1v) is 12.4. The van der Waals surface area contributed by atoms with E-state index >= 15 is 0 Å². The molecule has 1 amide bonds. The van der Waals surface area contributed by atoms with E-state index in [1.54, 1.807) is 22.1 Å². The van der Waals surface area contributed by atoms with Crippen molar-refractivity contribution in [3.05, 3.63) is 50.6 Å². The lowest BCUT2D eigenvalue weighted by molar-refractivity contribution is -0.384. The van der Waals surface area contributed by atoms with Gasteiger partial charge in [-0.1, -0.05) is 17.4 Å². The minimum absolute atomic E-state index is 0.0334. The minimum atomic E-state index is -3.74. The number of thiophene rings is 1. The Bertz CT molecular complexity index is 1290. The first-order chi connectivity index (χ1) is 14.3. The number of nitro benzene ring substituents is 1. The van der Waals surface area contributed by atoms with E-state index in [0.29, 0.717) is 28.9 Å². The van der Waals surface area contributed by atoms with Gasteiger partial charge in [-0.3, -0.25) is 14.9 Å². The highest BCUT2D eigenvalue weighted by Crippen LogP contribution is 2.29. The van der Waals surface area contributed by atoms with Crippen LogP contribution in [0.15, 0.2) is 44.9 Å². The fourth-order valence-electron chi connectivity index (χ4n) is 3.54. The molecular formula is C18H18N4O5S3. The number of nitrogens with zero attached hydrogens (tertiary/aromatic N) is 4. The topological polar surface area (TPSA) is 115 Å². The number of benzene rings is 1. The predicted molar refractivity (Wildman–Crippen MR) is 114 cm³/mol. The van der Waals surface area contributed by atoms with Gasteiger partial charge in [-0.05, 0) is 37.3 Å². The van der Waals surface area contributed by atoms with Crippen LogP contribution in [0.4, 0.5) is 5.69 Å². The normalized spacial score (nSPS) is 18.3. The summed E-state index contributed by atoms with van der Waals surface area (Å²) in [6.45, 7) is 2.69. The van der Waals surface area contributed by atoms with Gasteiger partial charge >= 0.3 is 0 Å². The number of thiazole rings is 1. The lowest BCUT2D eigenvalue weighted by Crippen LogP contribution is -2.40. The van der Waals surface area contributed by atoms with Crippen molar-refractivity contribution in [1.82, 2.24) is 8.87 Å². The van der Waals surface area contributed by atoms with Crippen LogP contribution in [-0.4, -0.2) is 40.7 Å². The third-order valence-electron chi connectivity index (χ3n) is 4.95. The number of nitro groups is 1. The van der Waals surface area contributed by atoms with Crippen molar-refractivity contribution in [2.75, 3.05) is 6.54 Å². The Balaban J connectivity index is 1.73. The van der Waals surface area contributed by atoms with Crippen LogP contribution in [0.5, 0.6) is 0 Å². The second-order valence-electron chi connectivity index (χ2n) is 6.69. The molecule has 0 saturated carbocycles. The third kappa shape index (κ3) is 3.60. The number of non-ortho nitro benzene ring substituents is 1. The van der Waals surface area contributed by atoms with Crippen LogP contribution in [-0.2, 0) is 21.4 Å². The van der Waals surface area contributed by atoms with Crippen molar-refractivity contribution in [2.45, 2.75) is 36.6 Å². The van der Waals surface area contributed by atoms with Gasteiger partial charge in [0.1, 0.15) is 10.3 Å². The molecule has 4 rings (SSSR count). The number of amides is 1. The number of rotatable bonds is 5. The van der Waals surface area contributed by atoms with E-state index in [2.05, 4.69) is 4.99 Å². The van der Waals surface area contributed by atoms with E-state index in [1.807, 2.05) is 6.92 Å². The molecule has 1 aliphatic heterocycles. The van der Waals surface area contributed by atoms with Crippen molar-refractivity contribution in [3.63, 3.8) is 0 Å². The van der Waals surface area contributed by atoms with E-state index in [1.165, 1.54) is 33.8 Å². The monoisotopic (exact) mass is 466 g/mol. The van der Waals surface area contributed by atoms with Crippen LogP contribution in [0.1, 0.15) is 19.8 Å². The fourth-order valence-corrected chi connectivity index (χ4v) is 7.44. The lowest BCUT2D eigenvalue weighted by atomic mass is 10.2. The second kappa shape index (κ2) is 8.02. The predicted octanol–water partition coefficient (Wildman–Crippen LogP) is 2.97. The molecule has 3 aromatic rings. The molecule has 0 spiro atoms. The maximum absolute atomic E-state index is 13.0. The molecule has 30 heavy (non-hydrogen) atoms. The minimum Gasteiger partial charge on any atom is -0.317 e. The number of aryl methyl sites for hydroxylation is 1. The van der Waals surface area contributed by atoms with Gasteiger partial charge in [0.15, 0.2) is 4.80 Å². The highest BCUT2D eigenvalue weighted by molar-refractivity contribution is 7.91. The van der Waals surface area contributed by atoms with Crippen LogP contribution in [0.2, 0.25) is 0 Å². The highest BCUT2D eigenvalue weighted by atomic mass is 32.2. The van der Waals surface area contributed by atoms with Gasteiger partial charge in [-0.2, -0.15) is 9.30 Å². The smallest absolute Gasteiger partial charge is 0.270 e. The summed E-state index contributed by atoms with van der Waals surface area (Å²) < 4.78 is 29.7. The van der Waals surface area contributed by atoms with Gasteiger partial charge in [0.25, 0.3) is 21.6 Å². The molecule has 1 aliphatic rings. The number of sulfonamides is 1. The molecule has 1 atom stereocenters. The summed E-state index contributed by atoms with van der Waals surface area (Å²) in [5.41, 5.74) is 0.711. The number of fused-ring (bicyclic) bond motifs is 1. The van der Waals surface area contributed by atoms with Crippen LogP contribution in [0, 0.1) is 10.1 Å². The quantitative estimate of drug-likeness (QED) is 0.423. The van der Waals surface area contributed by atoms with Crippen molar-refractivity contribution in [1.29, 1.82) is 0 Å². The van der Waals surface area contributed by atoms with Gasteiger partial charge in [0.2, 0.25) is 0 Å². The van der Waals surface area contributed by atoms with Crippen molar-refractivity contribution in [3.8, 4) is 0 Å². The summed E-state index contributed by atoms with van der Waals surface area (Å²) in [5, 5.41) is 12.7. The van der Waals surface area contributed by atoms with Crippen molar-refractivity contribution in [2.24, 2.45) is 4.99 Å². The maximum atomic E-state index is 13.0.